The van der Waals surface area contributed by atoms with Gasteiger partial charge in [0.05, 0.1) is 11.6 Å². The maximum Gasteiger partial charge on any atom is 0.230 e. The lowest BCUT2D eigenvalue weighted by Crippen LogP contribution is -2.49. The van der Waals surface area contributed by atoms with Gasteiger partial charge in [-0.05, 0) is 31.7 Å². The van der Waals surface area contributed by atoms with Gasteiger partial charge in [0.15, 0.2) is 0 Å². The average molecular weight is 336 g/mol. The standard InChI is InChI=1S/C20H24N4O/c1-16-4-2-5-17(12-16)14-23-10-3-6-20(19(23)25)7-11-24(15-20)18-13-21-8-9-22-18/h2,4-5,8-9,12-13H,3,6-7,10-11,14-15H2,1H3/t20-/m1/s1. The molecule has 5 heteroatoms. The summed E-state index contributed by atoms with van der Waals surface area (Å²) in [7, 11) is 0. The van der Waals surface area contributed by atoms with Gasteiger partial charge in [-0.2, -0.15) is 0 Å². The summed E-state index contributed by atoms with van der Waals surface area (Å²) in [6.07, 6.45) is 8.15. The lowest BCUT2D eigenvalue weighted by Gasteiger charge is -2.39. The van der Waals surface area contributed by atoms with Gasteiger partial charge in [0, 0.05) is 38.6 Å². The molecule has 2 fully saturated rings. The van der Waals surface area contributed by atoms with Crippen molar-refractivity contribution in [3.8, 4) is 0 Å². The first kappa shape index (κ1) is 16.1. The van der Waals surface area contributed by atoms with Crippen molar-refractivity contribution in [1.29, 1.82) is 0 Å². The summed E-state index contributed by atoms with van der Waals surface area (Å²) in [6.45, 7) is 5.31. The molecule has 2 saturated heterocycles. The normalized spacial score (nSPS) is 23.5. The lowest BCUT2D eigenvalue weighted by atomic mass is 9.78. The molecule has 2 aliphatic rings. The Morgan fingerprint density at radius 2 is 2.12 bits per heavy atom. The predicted molar refractivity (Wildman–Crippen MR) is 97.1 cm³/mol. The molecule has 0 radical (unpaired) electrons. The molecule has 2 aromatic rings. The maximum absolute atomic E-state index is 13.3. The zero-order valence-corrected chi connectivity index (χ0v) is 14.7. The van der Waals surface area contributed by atoms with Crippen molar-refractivity contribution >= 4 is 11.7 Å². The van der Waals surface area contributed by atoms with Gasteiger partial charge in [-0.1, -0.05) is 29.8 Å². The fraction of sp³-hybridized carbons (Fsp3) is 0.450. The summed E-state index contributed by atoms with van der Waals surface area (Å²) in [5, 5.41) is 0. The van der Waals surface area contributed by atoms with Crippen LogP contribution in [0.1, 0.15) is 30.4 Å². The number of likely N-dealkylation sites (tertiary alicyclic amines) is 1. The number of piperidine rings is 1. The Morgan fingerprint density at radius 1 is 1.20 bits per heavy atom. The minimum absolute atomic E-state index is 0.250. The molecule has 2 aliphatic heterocycles. The zero-order chi connectivity index (χ0) is 17.3. The minimum atomic E-state index is -0.250. The van der Waals surface area contributed by atoms with Gasteiger partial charge >= 0.3 is 0 Å². The number of carbonyl (C=O) groups excluding carboxylic acids is 1. The van der Waals surface area contributed by atoms with Crippen molar-refractivity contribution < 1.29 is 4.79 Å². The van der Waals surface area contributed by atoms with E-state index in [1.165, 1.54) is 11.1 Å². The molecule has 130 valence electrons. The predicted octanol–water partition coefficient (Wildman–Crippen LogP) is 2.80. The molecule has 0 unspecified atom stereocenters. The molecule has 1 aromatic heterocycles. The van der Waals surface area contributed by atoms with Gasteiger partial charge < -0.3 is 9.80 Å². The first-order valence-corrected chi connectivity index (χ1v) is 9.02. The van der Waals surface area contributed by atoms with Crippen LogP contribution in [0, 0.1) is 12.3 Å². The van der Waals surface area contributed by atoms with E-state index in [9.17, 15) is 4.79 Å². The molecule has 0 aliphatic carbocycles. The van der Waals surface area contributed by atoms with Gasteiger partial charge in [-0.3, -0.25) is 9.78 Å². The van der Waals surface area contributed by atoms with Crippen LogP contribution in [0.3, 0.4) is 0 Å². The fourth-order valence-corrected chi connectivity index (χ4v) is 4.24. The largest absolute Gasteiger partial charge is 0.354 e. The van der Waals surface area contributed by atoms with E-state index >= 15 is 0 Å². The van der Waals surface area contributed by atoms with Crippen LogP contribution < -0.4 is 4.90 Å². The van der Waals surface area contributed by atoms with Crippen LogP contribution in [-0.4, -0.2) is 40.4 Å². The van der Waals surface area contributed by atoms with E-state index < -0.39 is 0 Å². The van der Waals surface area contributed by atoms with Crippen molar-refractivity contribution in [2.24, 2.45) is 5.41 Å². The second-order valence-electron chi connectivity index (χ2n) is 7.33. The number of rotatable bonds is 3. The van der Waals surface area contributed by atoms with E-state index in [1.54, 1.807) is 18.6 Å². The molecule has 1 spiro atoms. The van der Waals surface area contributed by atoms with Crippen molar-refractivity contribution in [2.45, 2.75) is 32.7 Å². The smallest absolute Gasteiger partial charge is 0.230 e. The van der Waals surface area contributed by atoms with Crippen molar-refractivity contribution in [2.75, 3.05) is 24.5 Å². The van der Waals surface area contributed by atoms with Gasteiger partial charge in [0.1, 0.15) is 5.82 Å². The molecular formula is C20H24N4O. The average Bonchev–Trinajstić information content (AvgIpc) is 3.05. The van der Waals surface area contributed by atoms with Gasteiger partial charge in [-0.15, -0.1) is 0 Å². The Kier molecular flexibility index (Phi) is 4.15. The summed E-state index contributed by atoms with van der Waals surface area (Å²) in [5.74, 6) is 1.19. The van der Waals surface area contributed by atoms with Crippen LogP contribution in [-0.2, 0) is 11.3 Å². The zero-order valence-electron chi connectivity index (χ0n) is 14.7. The molecule has 0 bridgehead atoms. The van der Waals surface area contributed by atoms with Crippen LogP contribution in [0.4, 0.5) is 5.82 Å². The molecular weight excluding hydrogens is 312 g/mol. The van der Waals surface area contributed by atoms with Crippen LogP contribution in [0.25, 0.3) is 0 Å². The number of amides is 1. The van der Waals surface area contributed by atoms with Crippen LogP contribution in [0.2, 0.25) is 0 Å². The number of anilines is 1. The van der Waals surface area contributed by atoms with Crippen molar-refractivity contribution in [3.63, 3.8) is 0 Å². The third kappa shape index (κ3) is 3.11. The number of aryl methyl sites for hydroxylation is 1. The highest BCUT2D eigenvalue weighted by atomic mass is 16.2. The first-order valence-electron chi connectivity index (χ1n) is 9.02. The number of aromatic nitrogens is 2. The molecule has 1 atom stereocenters. The Morgan fingerprint density at radius 3 is 2.92 bits per heavy atom. The number of benzene rings is 1. The van der Waals surface area contributed by atoms with Gasteiger partial charge in [0.2, 0.25) is 5.91 Å². The molecule has 5 nitrogen and oxygen atoms in total. The number of nitrogens with zero attached hydrogens (tertiary/aromatic N) is 4. The molecule has 4 rings (SSSR count). The second-order valence-corrected chi connectivity index (χ2v) is 7.33. The Hall–Kier alpha value is -2.43. The van der Waals surface area contributed by atoms with E-state index in [4.69, 9.17) is 0 Å². The molecule has 1 amide bonds. The molecule has 0 saturated carbocycles. The molecule has 0 N–H and O–H groups in total. The third-order valence-corrected chi connectivity index (χ3v) is 5.51. The lowest BCUT2D eigenvalue weighted by molar-refractivity contribution is -0.145. The van der Waals surface area contributed by atoms with E-state index in [0.29, 0.717) is 12.5 Å². The van der Waals surface area contributed by atoms with Crippen LogP contribution >= 0.6 is 0 Å². The Balaban J connectivity index is 1.50. The Bertz CT molecular complexity index is 763. The monoisotopic (exact) mass is 336 g/mol. The second kappa shape index (κ2) is 6.47. The quantitative estimate of drug-likeness (QED) is 0.865. The number of carbonyl (C=O) groups is 1. The molecule has 25 heavy (non-hydrogen) atoms. The van der Waals surface area contributed by atoms with E-state index in [2.05, 4.69) is 51.0 Å². The third-order valence-electron chi connectivity index (χ3n) is 5.51. The SMILES string of the molecule is Cc1cccc(CN2CCC[C@]3(CCN(c4cnccn4)C3)C2=O)c1. The fourth-order valence-electron chi connectivity index (χ4n) is 4.24. The summed E-state index contributed by atoms with van der Waals surface area (Å²) in [5.41, 5.74) is 2.21. The van der Waals surface area contributed by atoms with Crippen molar-refractivity contribution in [3.05, 3.63) is 54.0 Å². The maximum atomic E-state index is 13.3. The van der Waals surface area contributed by atoms with E-state index in [1.807, 2.05) is 0 Å². The summed E-state index contributed by atoms with van der Waals surface area (Å²) in [4.78, 5) is 26.1. The van der Waals surface area contributed by atoms with Crippen LogP contribution in [0.15, 0.2) is 42.9 Å². The highest BCUT2D eigenvalue weighted by Crippen LogP contribution is 2.41. The Labute approximate surface area is 148 Å². The first-order chi connectivity index (χ1) is 12.2. The van der Waals surface area contributed by atoms with Crippen LogP contribution in [0.5, 0.6) is 0 Å². The number of hydrogen-bond acceptors (Lipinski definition) is 4. The summed E-state index contributed by atoms with van der Waals surface area (Å²) < 4.78 is 0. The van der Waals surface area contributed by atoms with Crippen molar-refractivity contribution in [1.82, 2.24) is 14.9 Å². The van der Waals surface area contributed by atoms with E-state index in [0.717, 1.165) is 44.7 Å². The number of hydrogen-bond donors (Lipinski definition) is 0. The van der Waals surface area contributed by atoms with Gasteiger partial charge in [-0.25, -0.2) is 4.98 Å². The topological polar surface area (TPSA) is 49.3 Å². The van der Waals surface area contributed by atoms with E-state index in [-0.39, 0.29) is 5.41 Å². The molecule has 1 aromatic carbocycles. The van der Waals surface area contributed by atoms with Gasteiger partial charge in [0.25, 0.3) is 0 Å². The highest BCUT2D eigenvalue weighted by Gasteiger charge is 2.48. The highest BCUT2D eigenvalue weighted by molar-refractivity contribution is 5.85. The minimum Gasteiger partial charge on any atom is -0.354 e. The summed E-state index contributed by atoms with van der Waals surface area (Å²) in [6, 6.07) is 8.45. The molecule has 3 heterocycles. The summed E-state index contributed by atoms with van der Waals surface area (Å²) >= 11 is 0.